The average molecular weight is 519 g/mol. The van der Waals surface area contributed by atoms with Gasteiger partial charge in [0.15, 0.2) is 5.82 Å². The molecule has 0 aliphatic carbocycles. The molecule has 0 N–H and O–H groups in total. The van der Waals surface area contributed by atoms with Crippen molar-refractivity contribution in [3.63, 3.8) is 0 Å². The van der Waals surface area contributed by atoms with Crippen LogP contribution in [-0.4, -0.2) is 49.5 Å². The van der Waals surface area contributed by atoms with Crippen molar-refractivity contribution < 1.29 is 13.2 Å². The van der Waals surface area contributed by atoms with Gasteiger partial charge in [0.25, 0.3) is 0 Å². The minimum Gasteiger partial charge on any atom is -0.357 e. The third-order valence-electron chi connectivity index (χ3n) is 7.48. The van der Waals surface area contributed by atoms with Gasteiger partial charge in [-0.1, -0.05) is 11.6 Å². The Morgan fingerprint density at radius 2 is 1.69 bits per heavy atom. The van der Waals surface area contributed by atoms with Gasteiger partial charge in [0.1, 0.15) is 17.2 Å². The van der Waals surface area contributed by atoms with Crippen LogP contribution in [0.2, 0.25) is 5.02 Å². The van der Waals surface area contributed by atoms with E-state index in [1.807, 2.05) is 17.6 Å². The fourth-order valence-corrected chi connectivity index (χ4v) is 5.41. The van der Waals surface area contributed by atoms with Gasteiger partial charge in [-0.3, -0.25) is 9.47 Å². The van der Waals surface area contributed by atoms with Gasteiger partial charge in [-0.25, -0.2) is 4.98 Å². The SMILES string of the molecule is Cc1cc(C)nc(N2CCC(c3nnc4n3-c3ccc(Cl)cc3CN(C(C)(C)C(F)(F)F)C4)CC2)c1. The Bertz CT molecular complexity index is 1260. The number of fused-ring (bicyclic) bond motifs is 3. The molecule has 1 aromatic carbocycles. The summed E-state index contributed by atoms with van der Waals surface area (Å²) in [5, 5.41) is 9.42. The summed E-state index contributed by atoms with van der Waals surface area (Å²) in [7, 11) is 0. The molecule has 5 rings (SSSR count). The van der Waals surface area contributed by atoms with Crippen LogP contribution >= 0.6 is 11.6 Å². The highest BCUT2D eigenvalue weighted by molar-refractivity contribution is 6.30. The molecule has 3 aromatic rings. The van der Waals surface area contributed by atoms with Crippen LogP contribution in [0.3, 0.4) is 0 Å². The van der Waals surface area contributed by atoms with Crippen LogP contribution in [0.15, 0.2) is 30.3 Å². The molecule has 1 fully saturated rings. The van der Waals surface area contributed by atoms with E-state index in [2.05, 4.69) is 34.2 Å². The second kappa shape index (κ2) is 9.03. The topological polar surface area (TPSA) is 50.1 Å². The first kappa shape index (κ1) is 25.0. The highest BCUT2D eigenvalue weighted by atomic mass is 35.5. The summed E-state index contributed by atoms with van der Waals surface area (Å²) >= 11 is 6.28. The zero-order valence-electron chi connectivity index (χ0n) is 20.9. The molecule has 2 aliphatic rings. The molecule has 192 valence electrons. The van der Waals surface area contributed by atoms with Gasteiger partial charge in [-0.2, -0.15) is 13.2 Å². The molecule has 0 radical (unpaired) electrons. The Morgan fingerprint density at radius 1 is 0.972 bits per heavy atom. The van der Waals surface area contributed by atoms with E-state index >= 15 is 0 Å². The minimum absolute atomic E-state index is 0.0388. The van der Waals surface area contributed by atoms with E-state index in [4.69, 9.17) is 16.6 Å². The van der Waals surface area contributed by atoms with Crippen LogP contribution in [0.4, 0.5) is 19.0 Å². The van der Waals surface area contributed by atoms with Crippen LogP contribution < -0.4 is 4.90 Å². The molecular formula is C26H30ClF3N6. The lowest BCUT2D eigenvalue weighted by molar-refractivity contribution is -0.224. The maximum absolute atomic E-state index is 14.0. The summed E-state index contributed by atoms with van der Waals surface area (Å²) in [5.74, 6) is 2.44. The Balaban J connectivity index is 1.47. The number of anilines is 1. The zero-order valence-corrected chi connectivity index (χ0v) is 21.7. The number of hydrogen-bond donors (Lipinski definition) is 0. The molecule has 0 bridgehead atoms. The largest absolute Gasteiger partial charge is 0.406 e. The Labute approximate surface area is 214 Å². The van der Waals surface area contributed by atoms with Crippen molar-refractivity contribution in [2.75, 3.05) is 18.0 Å². The van der Waals surface area contributed by atoms with Crippen molar-refractivity contribution in [2.24, 2.45) is 0 Å². The van der Waals surface area contributed by atoms with Gasteiger partial charge in [-0.05, 0) is 82.0 Å². The molecule has 4 heterocycles. The summed E-state index contributed by atoms with van der Waals surface area (Å²) in [4.78, 5) is 8.40. The van der Waals surface area contributed by atoms with Crippen LogP contribution in [-0.2, 0) is 13.1 Å². The lowest BCUT2D eigenvalue weighted by Crippen LogP contribution is -2.53. The summed E-state index contributed by atoms with van der Waals surface area (Å²) in [6.07, 6.45) is -2.69. The maximum Gasteiger partial charge on any atom is 0.406 e. The van der Waals surface area contributed by atoms with Crippen LogP contribution in [0.1, 0.15) is 61.1 Å². The normalized spacial score (nSPS) is 17.6. The number of aromatic nitrogens is 4. The molecular weight excluding hydrogens is 489 g/mol. The Hall–Kier alpha value is -2.65. The van der Waals surface area contributed by atoms with E-state index in [1.165, 1.54) is 24.3 Å². The van der Waals surface area contributed by atoms with Crippen molar-refractivity contribution in [3.8, 4) is 5.69 Å². The number of alkyl halides is 3. The Kier molecular flexibility index (Phi) is 6.27. The summed E-state index contributed by atoms with van der Waals surface area (Å²) in [6, 6.07) is 9.56. The van der Waals surface area contributed by atoms with Crippen molar-refractivity contribution in [3.05, 3.63) is 63.8 Å². The second-order valence-electron chi connectivity index (χ2n) is 10.4. The van der Waals surface area contributed by atoms with Gasteiger partial charge in [-0.15, -0.1) is 10.2 Å². The number of nitrogens with zero attached hydrogens (tertiary/aromatic N) is 6. The first-order valence-electron chi connectivity index (χ1n) is 12.2. The molecule has 0 spiro atoms. The predicted octanol–water partition coefficient (Wildman–Crippen LogP) is 5.97. The molecule has 2 aliphatic heterocycles. The predicted molar refractivity (Wildman–Crippen MR) is 134 cm³/mol. The highest BCUT2D eigenvalue weighted by Gasteiger charge is 2.52. The monoisotopic (exact) mass is 518 g/mol. The van der Waals surface area contributed by atoms with Crippen LogP contribution in [0.5, 0.6) is 0 Å². The quantitative estimate of drug-likeness (QED) is 0.427. The molecule has 0 atom stereocenters. The van der Waals surface area contributed by atoms with E-state index in [9.17, 15) is 13.2 Å². The van der Waals surface area contributed by atoms with Crippen LogP contribution in [0.25, 0.3) is 5.69 Å². The number of aryl methyl sites for hydroxylation is 2. The number of hydrogen-bond acceptors (Lipinski definition) is 5. The standard InChI is InChI=1S/C26H30ClF3N6/c1-16-11-17(2)31-22(12-16)34-9-7-18(8-10-34)24-33-32-23-15-35(25(3,4)26(28,29)30)14-19-13-20(27)5-6-21(19)36(23)24/h5-6,11-13,18H,7-10,14-15H2,1-4H3. The third-order valence-corrected chi connectivity index (χ3v) is 7.72. The van der Waals surface area contributed by atoms with Crippen molar-refractivity contribution in [2.45, 2.75) is 71.3 Å². The molecule has 36 heavy (non-hydrogen) atoms. The van der Waals surface area contributed by atoms with Gasteiger partial charge in [0.2, 0.25) is 0 Å². The lowest BCUT2D eigenvalue weighted by atomic mass is 9.95. The number of benzene rings is 1. The van der Waals surface area contributed by atoms with Gasteiger partial charge in [0, 0.05) is 36.3 Å². The highest BCUT2D eigenvalue weighted by Crippen LogP contribution is 2.40. The fraction of sp³-hybridized carbons (Fsp3) is 0.500. The molecule has 0 amide bonds. The van der Waals surface area contributed by atoms with Gasteiger partial charge < -0.3 is 4.90 Å². The van der Waals surface area contributed by atoms with Crippen LogP contribution in [0, 0.1) is 13.8 Å². The fourth-order valence-electron chi connectivity index (χ4n) is 5.21. The van der Waals surface area contributed by atoms with E-state index in [1.54, 1.807) is 12.1 Å². The number of halogens is 4. The second-order valence-corrected chi connectivity index (χ2v) is 10.8. The van der Waals surface area contributed by atoms with Gasteiger partial charge in [0.05, 0.1) is 12.2 Å². The minimum atomic E-state index is -4.40. The molecule has 0 saturated carbocycles. The zero-order chi connectivity index (χ0) is 25.8. The number of rotatable bonds is 3. The molecule has 0 unspecified atom stereocenters. The van der Waals surface area contributed by atoms with E-state index in [0.29, 0.717) is 10.8 Å². The van der Waals surface area contributed by atoms with E-state index in [0.717, 1.165) is 54.5 Å². The third kappa shape index (κ3) is 4.47. The Morgan fingerprint density at radius 3 is 2.36 bits per heavy atom. The molecule has 2 aromatic heterocycles. The van der Waals surface area contributed by atoms with E-state index < -0.39 is 11.7 Å². The van der Waals surface area contributed by atoms with Crippen molar-refractivity contribution in [1.82, 2.24) is 24.6 Å². The average Bonchev–Trinajstić information content (AvgIpc) is 3.13. The first-order valence-corrected chi connectivity index (χ1v) is 12.6. The van der Waals surface area contributed by atoms with E-state index in [-0.39, 0.29) is 19.0 Å². The summed E-state index contributed by atoms with van der Waals surface area (Å²) < 4.78 is 43.9. The van der Waals surface area contributed by atoms with Crippen molar-refractivity contribution >= 4 is 17.4 Å². The molecule has 10 heteroatoms. The number of pyridine rings is 1. The molecule has 6 nitrogen and oxygen atoms in total. The molecule has 1 saturated heterocycles. The van der Waals surface area contributed by atoms with Crippen molar-refractivity contribution in [1.29, 1.82) is 0 Å². The maximum atomic E-state index is 14.0. The summed E-state index contributed by atoms with van der Waals surface area (Å²) in [5.41, 5.74) is 1.67. The summed E-state index contributed by atoms with van der Waals surface area (Å²) in [6.45, 7) is 8.29. The smallest absolute Gasteiger partial charge is 0.357 e. The lowest BCUT2D eigenvalue weighted by Gasteiger charge is -2.38. The first-order chi connectivity index (χ1) is 16.9. The number of piperidine rings is 1. The van der Waals surface area contributed by atoms with Gasteiger partial charge >= 0.3 is 6.18 Å².